The smallest absolute Gasteiger partial charge is 0.224 e. The lowest BCUT2D eigenvalue weighted by Crippen LogP contribution is -2.28. The Labute approximate surface area is 187 Å². The monoisotopic (exact) mass is 430 g/mol. The van der Waals surface area contributed by atoms with Crippen LogP contribution in [0.25, 0.3) is 5.69 Å². The number of imidazole rings is 1. The van der Waals surface area contributed by atoms with E-state index in [9.17, 15) is 4.79 Å². The van der Waals surface area contributed by atoms with Crippen LogP contribution in [-0.4, -0.2) is 20.6 Å². The fourth-order valence-corrected chi connectivity index (χ4v) is 3.48. The highest BCUT2D eigenvalue weighted by atomic mass is 16.5. The Balaban J connectivity index is 1.29. The molecule has 0 aliphatic rings. The number of ether oxygens (including phenoxy) is 1. The summed E-state index contributed by atoms with van der Waals surface area (Å²) in [7, 11) is 0. The van der Waals surface area contributed by atoms with Gasteiger partial charge in [0, 0.05) is 18.1 Å². The minimum absolute atomic E-state index is 0.0272. The van der Waals surface area contributed by atoms with Crippen LogP contribution in [0.5, 0.6) is 5.75 Å². The number of rotatable bonds is 8. The van der Waals surface area contributed by atoms with Crippen molar-refractivity contribution in [2.75, 3.05) is 0 Å². The van der Waals surface area contributed by atoms with Crippen LogP contribution in [0.15, 0.2) is 71.8 Å². The van der Waals surface area contributed by atoms with Crippen molar-refractivity contribution in [3.63, 3.8) is 0 Å². The van der Waals surface area contributed by atoms with Crippen molar-refractivity contribution in [1.82, 2.24) is 20.0 Å². The molecule has 0 unspecified atom stereocenters. The van der Waals surface area contributed by atoms with Crippen LogP contribution in [0.4, 0.5) is 0 Å². The lowest BCUT2D eigenvalue weighted by atomic mass is 10.1. The third-order valence-corrected chi connectivity index (χ3v) is 5.43. The molecule has 0 spiro atoms. The number of aryl methyl sites for hydroxylation is 2. The average Bonchev–Trinajstić information content (AvgIpc) is 3.44. The number of aromatic nitrogens is 3. The molecule has 2 aromatic carbocycles. The quantitative estimate of drug-likeness (QED) is 0.446. The maximum absolute atomic E-state index is 12.5. The van der Waals surface area contributed by atoms with Crippen LogP contribution < -0.4 is 10.1 Å². The molecule has 32 heavy (non-hydrogen) atoms. The van der Waals surface area contributed by atoms with E-state index in [1.165, 1.54) is 0 Å². The van der Waals surface area contributed by atoms with E-state index in [4.69, 9.17) is 9.26 Å². The summed E-state index contributed by atoms with van der Waals surface area (Å²) < 4.78 is 12.9. The molecule has 2 aromatic heterocycles. The van der Waals surface area contributed by atoms with Gasteiger partial charge in [-0.05, 0) is 56.2 Å². The number of hydrogen-bond donors (Lipinski definition) is 1. The molecule has 0 radical (unpaired) electrons. The molecule has 2 heterocycles. The van der Waals surface area contributed by atoms with Crippen LogP contribution >= 0.6 is 0 Å². The summed E-state index contributed by atoms with van der Waals surface area (Å²) in [5.74, 6) is 1.47. The highest BCUT2D eigenvalue weighted by molar-refractivity contribution is 5.79. The van der Waals surface area contributed by atoms with Crippen LogP contribution in [0.2, 0.25) is 0 Å². The normalized spacial score (nSPS) is 11.8. The summed E-state index contributed by atoms with van der Waals surface area (Å²) >= 11 is 0. The predicted octanol–water partition coefficient (Wildman–Crippen LogP) is 4.48. The number of amides is 1. The molecule has 4 aromatic rings. The van der Waals surface area contributed by atoms with Crippen molar-refractivity contribution in [3.05, 3.63) is 95.4 Å². The zero-order chi connectivity index (χ0) is 22.5. The zero-order valence-electron chi connectivity index (χ0n) is 18.4. The lowest BCUT2D eigenvalue weighted by Gasteiger charge is -2.15. The Morgan fingerprint density at radius 1 is 1.12 bits per heavy atom. The molecule has 0 fully saturated rings. The topological polar surface area (TPSA) is 82.2 Å². The van der Waals surface area contributed by atoms with Gasteiger partial charge in [0.2, 0.25) is 5.91 Å². The summed E-state index contributed by atoms with van der Waals surface area (Å²) in [6.45, 7) is 6.15. The second-order valence-electron chi connectivity index (χ2n) is 7.76. The van der Waals surface area contributed by atoms with Gasteiger partial charge in [-0.3, -0.25) is 4.79 Å². The second-order valence-corrected chi connectivity index (χ2v) is 7.76. The fourth-order valence-electron chi connectivity index (χ4n) is 3.48. The summed E-state index contributed by atoms with van der Waals surface area (Å²) in [6.07, 6.45) is 5.70. The molecular formula is C25H26N4O3. The molecule has 1 amide bonds. The summed E-state index contributed by atoms with van der Waals surface area (Å²) in [4.78, 5) is 16.6. The molecule has 7 heteroatoms. The van der Waals surface area contributed by atoms with Crippen molar-refractivity contribution in [2.45, 2.75) is 39.8 Å². The summed E-state index contributed by atoms with van der Waals surface area (Å²) in [5.41, 5.74) is 4.79. The third-order valence-electron chi connectivity index (χ3n) is 5.43. The maximum Gasteiger partial charge on any atom is 0.224 e. The Morgan fingerprint density at radius 2 is 1.88 bits per heavy atom. The zero-order valence-corrected chi connectivity index (χ0v) is 18.4. The molecule has 0 bridgehead atoms. The molecule has 7 nitrogen and oxygen atoms in total. The summed E-state index contributed by atoms with van der Waals surface area (Å²) in [6, 6.07) is 15.5. The maximum atomic E-state index is 12.5. The van der Waals surface area contributed by atoms with E-state index < -0.39 is 0 Å². The minimum Gasteiger partial charge on any atom is -0.489 e. The summed E-state index contributed by atoms with van der Waals surface area (Å²) in [5, 5.41) is 7.00. The van der Waals surface area contributed by atoms with Crippen LogP contribution in [-0.2, 0) is 17.8 Å². The van der Waals surface area contributed by atoms with Crippen molar-refractivity contribution in [1.29, 1.82) is 0 Å². The van der Waals surface area contributed by atoms with E-state index in [1.807, 2.05) is 80.1 Å². The average molecular weight is 431 g/mol. The van der Waals surface area contributed by atoms with Gasteiger partial charge in [-0.25, -0.2) is 4.98 Å². The molecule has 0 saturated carbocycles. The molecule has 0 saturated heterocycles. The SMILES string of the molecule is Cc1noc(C)c1COc1ccc(CC(=O)N[C@H](C)c2ccc(-n3ccnc3)cc2)cc1. The number of benzene rings is 2. The molecule has 4 rings (SSSR count). The number of nitrogens with one attached hydrogen (secondary N) is 1. The standard InChI is InChI=1S/C25H26N4O3/c1-17(21-6-8-22(9-7-21)29-13-12-26-16-29)27-25(30)14-20-4-10-23(11-5-20)31-15-24-18(2)28-32-19(24)3/h4-13,16-17H,14-15H2,1-3H3,(H,27,30)/t17-/m1/s1. The highest BCUT2D eigenvalue weighted by Crippen LogP contribution is 2.19. The second kappa shape index (κ2) is 9.51. The molecule has 0 aliphatic heterocycles. The van der Waals surface area contributed by atoms with Crippen LogP contribution in [0, 0.1) is 13.8 Å². The predicted molar refractivity (Wildman–Crippen MR) is 121 cm³/mol. The number of hydrogen-bond acceptors (Lipinski definition) is 5. The van der Waals surface area contributed by atoms with Crippen LogP contribution in [0.3, 0.4) is 0 Å². The first-order valence-electron chi connectivity index (χ1n) is 10.5. The van der Waals surface area contributed by atoms with Gasteiger partial charge in [0.1, 0.15) is 18.1 Å². The van der Waals surface area contributed by atoms with Gasteiger partial charge in [-0.1, -0.05) is 29.4 Å². The highest BCUT2D eigenvalue weighted by Gasteiger charge is 2.12. The van der Waals surface area contributed by atoms with Crippen molar-refractivity contribution in [3.8, 4) is 11.4 Å². The first-order valence-corrected chi connectivity index (χ1v) is 10.5. The van der Waals surface area contributed by atoms with E-state index in [2.05, 4.69) is 15.5 Å². The van der Waals surface area contributed by atoms with Gasteiger partial charge < -0.3 is 19.1 Å². The Bertz CT molecular complexity index is 1140. The Morgan fingerprint density at radius 3 is 2.50 bits per heavy atom. The van der Waals surface area contributed by atoms with E-state index in [1.54, 1.807) is 12.5 Å². The van der Waals surface area contributed by atoms with Crippen molar-refractivity contribution in [2.24, 2.45) is 0 Å². The van der Waals surface area contributed by atoms with Gasteiger partial charge in [0.05, 0.1) is 30.0 Å². The van der Waals surface area contributed by atoms with E-state index in [0.29, 0.717) is 13.0 Å². The van der Waals surface area contributed by atoms with Crippen molar-refractivity contribution < 1.29 is 14.1 Å². The van der Waals surface area contributed by atoms with E-state index >= 15 is 0 Å². The largest absolute Gasteiger partial charge is 0.489 e. The minimum atomic E-state index is -0.0861. The van der Waals surface area contributed by atoms with Gasteiger partial charge in [-0.2, -0.15) is 0 Å². The fraction of sp³-hybridized carbons (Fsp3) is 0.240. The lowest BCUT2D eigenvalue weighted by molar-refractivity contribution is -0.121. The van der Waals surface area contributed by atoms with E-state index in [0.717, 1.165) is 39.6 Å². The first-order chi connectivity index (χ1) is 15.5. The molecule has 0 aliphatic carbocycles. The van der Waals surface area contributed by atoms with Gasteiger partial charge in [-0.15, -0.1) is 0 Å². The van der Waals surface area contributed by atoms with E-state index in [-0.39, 0.29) is 11.9 Å². The number of carbonyl (C=O) groups is 1. The number of nitrogens with zero attached hydrogens (tertiary/aromatic N) is 3. The molecule has 1 N–H and O–H groups in total. The Kier molecular flexibility index (Phi) is 6.35. The Hall–Kier alpha value is -3.87. The first kappa shape index (κ1) is 21.4. The molecule has 164 valence electrons. The molecule has 1 atom stereocenters. The number of carbonyl (C=O) groups excluding carboxylic acids is 1. The molecular weight excluding hydrogens is 404 g/mol. The third kappa shape index (κ3) is 5.06. The van der Waals surface area contributed by atoms with Gasteiger partial charge in [0.25, 0.3) is 0 Å². The van der Waals surface area contributed by atoms with Crippen LogP contribution in [0.1, 0.15) is 41.1 Å². The van der Waals surface area contributed by atoms with Crippen molar-refractivity contribution >= 4 is 5.91 Å². The van der Waals surface area contributed by atoms with Gasteiger partial charge in [0.15, 0.2) is 0 Å². The van der Waals surface area contributed by atoms with Gasteiger partial charge >= 0.3 is 0 Å².